The Morgan fingerprint density at radius 3 is 2.78 bits per heavy atom. The minimum absolute atomic E-state index is 0.289. The van der Waals surface area contributed by atoms with Crippen molar-refractivity contribution in [3.05, 3.63) is 71.9 Å². The van der Waals surface area contributed by atoms with Crippen molar-refractivity contribution < 1.29 is 5.11 Å². The van der Waals surface area contributed by atoms with Gasteiger partial charge in [0.1, 0.15) is 5.75 Å². The van der Waals surface area contributed by atoms with E-state index in [4.69, 9.17) is 4.98 Å². The summed E-state index contributed by atoms with van der Waals surface area (Å²) < 4.78 is 0. The Balaban J connectivity index is 1.37. The SMILES string of the molecule is CCN(Cc1cccc(-c2ccnc(NCCc3ccc(O)cc3)n2)c1)C[C@H]1CCNC1. The summed E-state index contributed by atoms with van der Waals surface area (Å²) in [5, 5.41) is 16.2. The molecule has 0 amide bonds. The fraction of sp³-hybridized carbons (Fsp3) is 0.385. The molecule has 0 radical (unpaired) electrons. The monoisotopic (exact) mass is 431 g/mol. The second kappa shape index (κ2) is 11.1. The summed E-state index contributed by atoms with van der Waals surface area (Å²) >= 11 is 0. The molecule has 3 aromatic rings. The standard InChI is InChI=1S/C26H33N5O/c1-2-31(19-22-10-13-27-17-22)18-21-4-3-5-23(16-21)25-12-15-29-26(30-25)28-14-11-20-6-8-24(32)9-7-20/h3-9,12,15-16,22,27,32H,2,10-11,13-14,17-19H2,1H3,(H,28,29,30)/t22-/m0/s1. The number of aromatic hydroxyl groups is 1. The van der Waals surface area contributed by atoms with Gasteiger partial charge in [0.15, 0.2) is 0 Å². The van der Waals surface area contributed by atoms with Gasteiger partial charge in [-0.2, -0.15) is 0 Å². The van der Waals surface area contributed by atoms with Crippen molar-refractivity contribution >= 4 is 5.95 Å². The maximum absolute atomic E-state index is 9.40. The molecule has 0 saturated carbocycles. The second-order valence-electron chi connectivity index (χ2n) is 8.50. The predicted molar refractivity (Wildman–Crippen MR) is 130 cm³/mol. The van der Waals surface area contributed by atoms with E-state index in [9.17, 15) is 5.11 Å². The first kappa shape index (κ1) is 22.2. The average Bonchev–Trinajstić information content (AvgIpc) is 3.33. The third kappa shape index (κ3) is 6.28. The molecule has 168 valence electrons. The van der Waals surface area contributed by atoms with Crippen LogP contribution in [0.25, 0.3) is 11.3 Å². The van der Waals surface area contributed by atoms with Crippen molar-refractivity contribution in [2.45, 2.75) is 26.3 Å². The first-order chi connectivity index (χ1) is 15.7. The number of benzene rings is 2. The van der Waals surface area contributed by atoms with Crippen molar-refractivity contribution in [3.63, 3.8) is 0 Å². The third-order valence-corrected chi connectivity index (χ3v) is 6.04. The Morgan fingerprint density at radius 1 is 1.12 bits per heavy atom. The highest BCUT2D eigenvalue weighted by atomic mass is 16.3. The summed E-state index contributed by atoms with van der Waals surface area (Å²) in [7, 11) is 0. The maximum atomic E-state index is 9.40. The van der Waals surface area contributed by atoms with Crippen LogP contribution < -0.4 is 10.6 Å². The Hall–Kier alpha value is -2.96. The smallest absolute Gasteiger partial charge is 0.223 e. The van der Waals surface area contributed by atoms with Gasteiger partial charge in [-0.3, -0.25) is 4.90 Å². The van der Waals surface area contributed by atoms with Crippen LogP contribution in [0, 0.1) is 5.92 Å². The van der Waals surface area contributed by atoms with Gasteiger partial charge in [0.2, 0.25) is 5.95 Å². The molecule has 1 aliphatic heterocycles. The Bertz CT molecular complexity index is 986. The summed E-state index contributed by atoms with van der Waals surface area (Å²) in [5.41, 5.74) is 4.52. The van der Waals surface area contributed by atoms with Gasteiger partial charge in [-0.15, -0.1) is 0 Å². The lowest BCUT2D eigenvalue weighted by molar-refractivity contribution is 0.240. The molecule has 4 rings (SSSR count). The van der Waals surface area contributed by atoms with Crippen molar-refractivity contribution in [1.82, 2.24) is 20.2 Å². The first-order valence-corrected chi connectivity index (χ1v) is 11.6. The average molecular weight is 432 g/mol. The number of phenolic OH excluding ortho intramolecular Hbond substituents is 1. The van der Waals surface area contributed by atoms with Crippen LogP contribution in [0.1, 0.15) is 24.5 Å². The van der Waals surface area contributed by atoms with Crippen LogP contribution in [0.4, 0.5) is 5.95 Å². The fourth-order valence-electron chi connectivity index (χ4n) is 4.21. The Labute approximate surface area is 190 Å². The topological polar surface area (TPSA) is 73.3 Å². The minimum Gasteiger partial charge on any atom is -0.508 e. The van der Waals surface area contributed by atoms with E-state index in [1.54, 1.807) is 12.1 Å². The van der Waals surface area contributed by atoms with Gasteiger partial charge in [-0.1, -0.05) is 37.3 Å². The Morgan fingerprint density at radius 2 is 2.00 bits per heavy atom. The van der Waals surface area contributed by atoms with Crippen LogP contribution in [-0.2, 0) is 13.0 Å². The summed E-state index contributed by atoms with van der Waals surface area (Å²) in [4.78, 5) is 11.6. The molecule has 0 aliphatic carbocycles. The number of nitrogens with zero attached hydrogens (tertiary/aromatic N) is 3. The van der Waals surface area contributed by atoms with E-state index in [2.05, 4.69) is 51.7 Å². The van der Waals surface area contributed by atoms with Crippen LogP contribution in [0.3, 0.4) is 0 Å². The molecule has 1 fully saturated rings. The molecule has 6 heteroatoms. The highest BCUT2D eigenvalue weighted by Crippen LogP contribution is 2.21. The van der Waals surface area contributed by atoms with E-state index >= 15 is 0 Å². The van der Waals surface area contributed by atoms with Gasteiger partial charge in [0.25, 0.3) is 0 Å². The molecule has 2 heterocycles. The zero-order valence-corrected chi connectivity index (χ0v) is 18.8. The zero-order chi connectivity index (χ0) is 22.2. The third-order valence-electron chi connectivity index (χ3n) is 6.04. The molecule has 1 atom stereocenters. The van der Waals surface area contributed by atoms with E-state index in [1.165, 1.54) is 12.0 Å². The lowest BCUT2D eigenvalue weighted by Crippen LogP contribution is -2.30. The lowest BCUT2D eigenvalue weighted by atomic mass is 10.1. The Kier molecular flexibility index (Phi) is 7.69. The van der Waals surface area contributed by atoms with Crippen LogP contribution in [0.5, 0.6) is 5.75 Å². The summed E-state index contributed by atoms with van der Waals surface area (Å²) in [6.07, 6.45) is 3.93. The lowest BCUT2D eigenvalue weighted by Gasteiger charge is -2.24. The quantitative estimate of drug-likeness (QED) is 0.452. The van der Waals surface area contributed by atoms with Crippen molar-refractivity contribution in [2.75, 3.05) is 38.0 Å². The van der Waals surface area contributed by atoms with Crippen LogP contribution in [0.2, 0.25) is 0 Å². The van der Waals surface area contributed by atoms with E-state index in [0.717, 1.165) is 68.4 Å². The summed E-state index contributed by atoms with van der Waals surface area (Å²) in [5.74, 6) is 1.68. The van der Waals surface area contributed by atoms with Crippen molar-refractivity contribution in [3.8, 4) is 17.0 Å². The van der Waals surface area contributed by atoms with Gasteiger partial charge in [0, 0.05) is 31.4 Å². The second-order valence-corrected chi connectivity index (χ2v) is 8.50. The van der Waals surface area contributed by atoms with E-state index in [0.29, 0.717) is 5.95 Å². The molecule has 0 spiro atoms. The van der Waals surface area contributed by atoms with Gasteiger partial charge >= 0.3 is 0 Å². The number of aromatic nitrogens is 2. The molecule has 32 heavy (non-hydrogen) atoms. The number of hydrogen-bond donors (Lipinski definition) is 3. The van der Waals surface area contributed by atoms with Gasteiger partial charge in [-0.05, 0) is 73.8 Å². The van der Waals surface area contributed by atoms with Crippen LogP contribution >= 0.6 is 0 Å². The molecular weight excluding hydrogens is 398 g/mol. The highest BCUT2D eigenvalue weighted by Gasteiger charge is 2.17. The molecule has 1 aromatic heterocycles. The van der Waals surface area contributed by atoms with E-state index in [1.807, 2.05) is 24.4 Å². The number of nitrogens with one attached hydrogen (secondary N) is 2. The van der Waals surface area contributed by atoms with E-state index in [-0.39, 0.29) is 5.75 Å². The zero-order valence-electron chi connectivity index (χ0n) is 18.8. The van der Waals surface area contributed by atoms with Crippen molar-refractivity contribution in [1.29, 1.82) is 0 Å². The van der Waals surface area contributed by atoms with Crippen molar-refractivity contribution in [2.24, 2.45) is 5.92 Å². The fourth-order valence-corrected chi connectivity index (χ4v) is 4.21. The molecule has 6 nitrogen and oxygen atoms in total. The number of rotatable bonds is 10. The maximum Gasteiger partial charge on any atom is 0.223 e. The summed E-state index contributed by atoms with van der Waals surface area (Å²) in [6, 6.07) is 17.9. The number of anilines is 1. The summed E-state index contributed by atoms with van der Waals surface area (Å²) in [6.45, 7) is 8.43. The van der Waals surface area contributed by atoms with Gasteiger partial charge < -0.3 is 15.7 Å². The molecule has 2 aromatic carbocycles. The molecule has 0 bridgehead atoms. The molecule has 1 saturated heterocycles. The van der Waals surface area contributed by atoms with Crippen LogP contribution in [-0.4, -0.2) is 52.7 Å². The number of phenols is 1. The van der Waals surface area contributed by atoms with E-state index < -0.39 is 0 Å². The molecule has 0 unspecified atom stereocenters. The molecular formula is C26H33N5O. The number of hydrogen-bond acceptors (Lipinski definition) is 6. The van der Waals surface area contributed by atoms with Gasteiger partial charge in [-0.25, -0.2) is 9.97 Å². The first-order valence-electron chi connectivity index (χ1n) is 11.6. The predicted octanol–water partition coefficient (Wildman–Crippen LogP) is 3.94. The molecule has 1 aliphatic rings. The normalized spacial score (nSPS) is 15.9. The highest BCUT2D eigenvalue weighted by molar-refractivity contribution is 5.60. The van der Waals surface area contributed by atoms with Gasteiger partial charge in [0.05, 0.1) is 5.69 Å². The molecule has 3 N–H and O–H groups in total. The largest absolute Gasteiger partial charge is 0.508 e. The van der Waals surface area contributed by atoms with Crippen LogP contribution in [0.15, 0.2) is 60.8 Å². The minimum atomic E-state index is 0.289.